The summed E-state index contributed by atoms with van der Waals surface area (Å²) in [6, 6.07) is 11.2. The quantitative estimate of drug-likeness (QED) is 0.781. The fraction of sp³-hybridized carbons (Fsp3) is 0.353. The van der Waals surface area contributed by atoms with Crippen molar-refractivity contribution in [1.82, 2.24) is 9.62 Å². The molecule has 0 aliphatic carbocycles. The van der Waals surface area contributed by atoms with Crippen molar-refractivity contribution in [3.05, 3.63) is 52.2 Å². The molecule has 1 amide bonds. The van der Waals surface area contributed by atoms with Gasteiger partial charge in [0.1, 0.15) is 0 Å². The van der Waals surface area contributed by atoms with Crippen LogP contribution in [0.15, 0.2) is 46.7 Å². The number of nitrogens with zero attached hydrogens (tertiary/aromatic N) is 1. The molecule has 0 aliphatic heterocycles. The van der Waals surface area contributed by atoms with E-state index < -0.39 is 10.0 Å². The van der Waals surface area contributed by atoms with Crippen LogP contribution in [0.4, 0.5) is 0 Å². The van der Waals surface area contributed by atoms with Gasteiger partial charge in [-0.15, -0.1) is 11.3 Å². The van der Waals surface area contributed by atoms with E-state index in [1.165, 1.54) is 15.8 Å². The Kier molecular flexibility index (Phi) is 6.53. The third-order valence-electron chi connectivity index (χ3n) is 3.60. The van der Waals surface area contributed by atoms with Gasteiger partial charge < -0.3 is 5.32 Å². The summed E-state index contributed by atoms with van der Waals surface area (Å²) in [7, 11) is -2.02. The summed E-state index contributed by atoms with van der Waals surface area (Å²) in [6.45, 7) is 2.93. The largest absolute Gasteiger partial charge is 0.351 e. The standard InChI is InChI=1S/C17H22N2O3S2/c1-3-10-18-17(20)16-12-15(13-23-16)24(21,22)19(2)11-9-14-7-5-4-6-8-14/h4-8,12-13H,3,9-11H2,1-2H3,(H,18,20). The lowest BCUT2D eigenvalue weighted by molar-refractivity contribution is 0.0957. The third-order valence-corrected chi connectivity index (χ3v) is 6.51. The van der Waals surface area contributed by atoms with Gasteiger partial charge in [0.25, 0.3) is 5.91 Å². The second-order valence-corrected chi connectivity index (χ2v) is 8.42. The Labute approximate surface area is 147 Å². The van der Waals surface area contributed by atoms with Gasteiger partial charge in [-0.1, -0.05) is 37.3 Å². The van der Waals surface area contributed by atoms with Gasteiger partial charge in [0, 0.05) is 25.5 Å². The highest BCUT2D eigenvalue weighted by molar-refractivity contribution is 7.89. The molecule has 1 aromatic carbocycles. The van der Waals surface area contributed by atoms with Crippen molar-refractivity contribution in [2.75, 3.05) is 20.1 Å². The van der Waals surface area contributed by atoms with E-state index in [1.807, 2.05) is 37.3 Å². The Morgan fingerprint density at radius 1 is 1.25 bits per heavy atom. The van der Waals surface area contributed by atoms with Crippen molar-refractivity contribution >= 4 is 27.3 Å². The van der Waals surface area contributed by atoms with Crippen molar-refractivity contribution in [2.24, 2.45) is 0 Å². The van der Waals surface area contributed by atoms with Crippen LogP contribution in [0.3, 0.4) is 0 Å². The minimum Gasteiger partial charge on any atom is -0.351 e. The number of hydrogen-bond donors (Lipinski definition) is 1. The smallest absolute Gasteiger partial charge is 0.261 e. The molecule has 130 valence electrons. The summed E-state index contributed by atoms with van der Waals surface area (Å²) in [5.41, 5.74) is 1.09. The first-order valence-corrected chi connectivity index (χ1v) is 10.1. The van der Waals surface area contributed by atoms with Gasteiger partial charge in [-0.3, -0.25) is 4.79 Å². The van der Waals surface area contributed by atoms with Gasteiger partial charge in [-0.05, 0) is 24.5 Å². The van der Waals surface area contributed by atoms with E-state index in [1.54, 1.807) is 7.05 Å². The Morgan fingerprint density at radius 2 is 1.96 bits per heavy atom. The molecule has 24 heavy (non-hydrogen) atoms. The van der Waals surface area contributed by atoms with Gasteiger partial charge in [-0.2, -0.15) is 0 Å². The molecular weight excluding hydrogens is 344 g/mol. The predicted octanol–water partition coefficient (Wildman–Crippen LogP) is 2.75. The zero-order valence-electron chi connectivity index (χ0n) is 13.9. The maximum atomic E-state index is 12.6. The molecule has 0 radical (unpaired) electrons. The molecular formula is C17H22N2O3S2. The lowest BCUT2D eigenvalue weighted by atomic mass is 10.2. The van der Waals surface area contributed by atoms with E-state index in [0.717, 1.165) is 23.3 Å². The highest BCUT2D eigenvalue weighted by atomic mass is 32.2. The first-order chi connectivity index (χ1) is 11.4. The number of carbonyl (C=O) groups is 1. The van der Waals surface area contributed by atoms with Crippen LogP contribution in [0.25, 0.3) is 0 Å². The molecule has 0 unspecified atom stereocenters. The normalized spacial score (nSPS) is 11.6. The fourth-order valence-corrected chi connectivity index (χ4v) is 4.48. The number of nitrogens with one attached hydrogen (secondary N) is 1. The number of rotatable bonds is 8. The van der Waals surface area contributed by atoms with Crippen LogP contribution in [0.2, 0.25) is 0 Å². The summed E-state index contributed by atoms with van der Waals surface area (Å²) in [5.74, 6) is -0.227. The van der Waals surface area contributed by atoms with Gasteiger partial charge in [0.05, 0.1) is 9.77 Å². The minimum absolute atomic E-state index is 0.171. The molecule has 5 nitrogen and oxygen atoms in total. The zero-order valence-corrected chi connectivity index (χ0v) is 15.5. The molecule has 0 spiro atoms. The van der Waals surface area contributed by atoms with E-state index in [0.29, 0.717) is 24.4 Å². The molecule has 0 saturated carbocycles. The monoisotopic (exact) mass is 366 g/mol. The molecule has 0 aliphatic rings. The second-order valence-electron chi connectivity index (χ2n) is 5.46. The zero-order chi connectivity index (χ0) is 17.6. The number of carbonyl (C=O) groups excluding carboxylic acids is 1. The van der Waals surface area contributed by atoms with E-state index in [-0.39, 0.29) is 10.8 Å². The summed E-state index contributed by atoms with van der Waals surface area (Å²) < 4.78 is 26.5. The summed E-state index contributed by atoms with van der Waals surface area (Å²) >= 11 is 1.15. The average Bonchev–Trinajstić information content (AvgIpc) is 3.09. The maximum absolute atomic E-state index is 12.6. The highest BCUT2D eigenvalue weighted by Gasteiger charge is 2.23. The molecule has 2 aromatic rings. The van der Waals surface area contributed by atoms with Crippen molar-refractivity contribution in [3.63, 3.8) is 0 Å². The molecule has 0 fully saturated rings. The lowest BCUT2D eigenvalue weighted by Gasteiger charge is -2.16. The molecule has 1 aromatic heterocycles. The van der Waals surface area contributed by atoms with Crippen LogP contribution < -0.4 is 5.32 Å². The molecule has 2 rings (SSSR count). The number of likely N-dealkylation sites (N-methyl/N-ethyl adjacent to an activating group) is 1. The van der Waals surface area contributed by atoms with Crippen LogP contribution in [0.1, 0.15) is 28.6 Å². The van der Waals surface area contributed by atoms with Gasteiger partial charge >= 0.3 is 0 Å². The average molecular weight is 367 g/mol. The number of thiophene rings is 1. The Bertz CT molecular complexity index is 770. The molecule has 0 bridgehead atoms. The Balaban J connectivity index is 2.04. The Morgan fingerprint density at radius 3 is 2.62 bits per heavy atom. The van der Waals surface area contributed by atoms with Crippen LogP contribution in [0.5, 0.6) is 0 Å². The van der Waals surface area contributed by atoms with Crippen LogP contribution in [-0.4, -0.2) is 38.8 Å². The minimum atomic E-state index is -3.58. The molecule has 0 saturated heterocycles. The second kappa shape index (κ2) is 8.41. The fourth-order valence-electron chi connectivity index (χ4n) is 2.13. The topological polar surface area (TPSA) is 66.5 Å². The number of benzene rings is 1. The molecule has 1 heterocycles. The van der Waals surface area contributed by atoms with Crippen LogP contribution >= 0.6 is 11.3 Å². The van der Waals surface area contributed by atoms with E-state index >= 15 is 0 Å². The molecule has 7 heteroatoms. The van der Waals surface area contributed by atoms with Crippen molar-refractivity contribution in [3.8, 4) is 0 Å². The SMILES string of the molecule is CCCNC(=O)c1cc(S(=O)(=O)N(C)CCc2ccccc2)cs1. The van der Waals surface area contributed by atoms with Crippen molar-refractivity contribution in [2.45, 2.75) is 24.7 Å². The van der Waals surface area contributed by atoms with Crippen LogP contribution in [0, 0.1) is 0 Å². The Hall–Kier alpha value is -1.70. The van der Waals surface area contributed by atoms with Gasteiger partial charge in [0.15, 0.2) is 0 Å². The van der Waals surface area contributed by atoms with Crippen molar-refractivity contribution in [1.29, 1.82) is 0 Å². The summed E-state index contributed by atoms with van der Waals surface area (Å²) in [6.07, 6.45) is 1.48. The first kappa shape index (κ1) is 18.6. The number of amides is 1. The summed E-state index contributed by atoms with van der Waals surface area (Å²) in [4.78, 5) is 12.5. The van der Waals surface area contributed by atoms with Crippen molar-refractivity contribution < 1.29 is 13.2 Å². The predicted molar refractivity (Wildman–Crippen MR) is 96.9 cm³/mol. The molecule has 0 atom stereocenters. The van der Waals surface area contributed by atoms with E-state index in [4.69, 9.17) is 0 Å². The highest BCUT2D eigenvalue weighted by Crippen LogP contribution is 2.22. The lowest BCUT2D eigenvalue weighted by Crippen LogP contribution is -2.29. The third kappa shape index (κ3) is 4.66. The summed E-state index contributed by atoms with van der Waals surface area (Å²) in [5, 5.41) is 4.28. The number of hydrogen-bond acceptors (Lipinski definition) is 4. The first-order valence-electron chi connectivity index (χ1n) is 7.82. The van der Waals surface area contributed by atoms with E-state index in [9.17, 15) is 13.2 Å². The van der Waals surface area contributed by atoms with Crippen LogP contribution in [-0.2, 0) is 16.4 Å². The number of sulfonamides is 1. The van der Waals surface area contributed by atoms with Gasteiger partial charge in [0.2, 0.25) is 10.0 Å². The van der Waals surface area contributed by atoms with Gasteiger partial charge in [-0.25, -0.2) is 12.7 Å². The molecule has 1 N–H and O–H groups in total. The maximum Gasteiger partial charge on any atom is 0.261 e. The van der Waals surface area contributed by atoms with E-state index in [2.05, 4.69) is 5.32 Å².